The van der Waals surface area contributed by atoms with Gasteiger partial charge in [0.25, 0.3) is 5.60 Å². The second-order valence-electron chi connectivity index (χ2n) is 9.63. The third-order valence-electron chi connectivity index (χ3n) is 8.09. The second kappa shape index (κ2) is 8.15. The van der Waals surface area contributed by atoms with E-state index in [0.717, 1.165) is 12.7 Å². The number of fused-ring (bicyclic) bond motifs is 3. The Morgan fingerprint density at radius 3 is 2.45 bits per heavy atom. The molecule has 33 heavy (non-hydrogen) atoms. The van der Waals surface area contributed by atoms with Crippen molar-refractivity contribution in [2.75, 3.05) is 7.11 Å². The zero-order valence-electron chi connectivity index (χ0n) is 19.1. The molecule has 1 saturated heterocycles. The smallest absolute Gasteiger partial charge is 0.432 e. The number of carbonyl (C=O) groups excluding carboxylic acids is 2. The molecule has 1 aromatic carbocycles. The number of alkyl halides is 3. The van der Waals surface area contributed by atoms with E-state index in [1.54, 1.807) is 12.1 Å². The van der Waals surface area contributed by atoms with Crippen LogP contribution in [0.5, 0.6) is 0 Å². The number of hydrogen-bond acceptors (Lipinski definition) is 5. The van der Waals surface area contributed by atoms with Gasteiger partial charge in [0.1, 0.15) is 12.2 Å². The fourth-order valence-electron chi connectivity index (χ4n) is 6.21. The molecule has 0 radical (unpaired) electrons. The van der Waals surface area contributed by atoms with Crippen LogP contribution < -0.4 is 0 Å². The number of carbonyl (C=O) groups is 2. The van der Waals surface area contributed by atoms with Crippen molar-refractivity contribution in [3.05, 3.63) is 47.5 Å². The maximum absolute atomic E-state index is 14.2. The van der Waals surface area contributed by atoms with Crippen LogP contribution in [0.1, 0.15) is 45.6 Å². The molecular formula is C25H29F3O5. The lowest BCUT2D eigenvalue weighted by Gasteiger charge is -2.52. The summed E-state index contributed by atoms with van der Waals surface area (Å²) in [6.07, 6.45) is -2.56. The van der Waals surface area contributed by atoms with Gasteiger partial charge >= 0.3 is 18.1 Å². The number of allylic oxidation sites excluding steroid dienone is 1. The minimum absolute atomic E-state index is 0.00536. The summed E-state index contributed by atoms with van der Waals surface area (Å²) in [6.45, 7) is 5.96. The summed E-state index contributed by atoms with van der Waals surface area (Å²) < 4.78 is 58.6. The summed E-state index contributed by atoms with van der Waals surface area (Å²) in [5.41, 5.74) is -2.88. The number of hydrogen-bond donors (Lipinski definition) is 0. The van der Waals surface area contributed by atoms with Gasteiger partial charge in [0.2, 0.25) is 0 Å². The first kappa shape index (κ1) is 23.8. The standard InChI is InChI=1S/C25H29F3O5/c1-14-12-18(13-17-10-11-19-20(23(14,17)3)15(2)21(29)33-19)32-22(30)24(31-4,25(26,27)28)16-8-6-5-7-9-16/h5-9,13-15,18-20H,10-12H2,1-4H3/t14-,15-,18+,19-,20-,23+,24-/m0/s1. The molecule has 2 fully saturated rings. The van der Waals surface area contributed by atoms with Gasteiger partial charge < -0.3 is 14.2 Å². The highest BCUT2D eigenvalue weighted by atomic mass is 19.4. The normalized spacial score (nSPS) is 35.5. The van der Waals surface area contributed by atoms with Crippen LogP contribution in [-0.2, 0) is 29.4 Å². The van der Waals surface area contributed by atoms with Crippen molar-refractivity contribution in [3.63, 3.8) is 0 Å². The maximum atomic E-state index is 14.2. The minimum atomic E-state index is -5.02. The Balaban J connectivity index is 1.65. The van der Waals surface area contributed by atoms with Crippen molar-refractivity contribution < 1.29 is 37.0 Å². The molecule has 3 aliphatic rings. The number of esters is 2. The van der Waals surface area contributed by atoms with Gasteiger partial charge in [-0.2, -0.15) is 13.2 Å². The molecule has 2 aliphatic carbocycles. The van der Waals surface area contributed by atoms with Crippen LogP contribution in [0.2, 0.25) is 0 Å². The molecule has 0 amide bonds. The van der Waals surface area contributed by atoms with Gasteiger partial charge in [-0.25, -0.2) is 4.79 Å². The molecule has 0 N–H and O–H groups in total. The van der Waals surface area contributed by atoms with E-state index in [0.29, 0.717) is 19.3 Å². The average molecular weight is 466 g/mol. The molecule has 4 rings (SSSR count). The van der Waals surface area contributed by atoms with E-state index in [-0.39, 0.29) is 40.8 Å². The number of ether oxygens (including phenoxy) is 3. The van der Waals surface area contributed by atoms with E-state index in [4.69, 9.17) is 14.2 Å². The molecule has 180 valence electrons. The van der Waals surface area contributed by atoms with E-state index < -0.39 is 23.9 Å². The Hall–Kier alpha value is -2.35. The van der Waals surface area contributed by atoms with Crippen molar-refractivity contribution in [1.82, 2.24) is 0 Å². The van der Waals surface area contributed by atoms with Gasteiger partial charge in [-0.1, -0.05) is 56.7 Å². The van der Waals surface area contributed by atoms with Crippen LogP contribution >= 0.6 is 0 Å². The Kier molecular flexibility index (Phi) is 5.88. The van der Waals surface area contributed by atoms with Crippen LogP contribution in [-0.4, -0.2) is 37.4 Å². The van der Waals surface area contributed by atoms with E-state index in [1.807, 2.05) is 13.8 Å². The van der Waals surface area contributed by atoms with E-state index in [2.05, 4.69) is 6.92 Å². The Morgan fingerprint density at radius 2 is 1.85 bits per heavy atom. The summed E-state index contributed by atoms with van der Waals surface area (Å²) in [5.74, 6) is -1.97. The first-order chi connectivity index (χ1) is 15.5. The summed E-state index contributed by atoms with van der Waals surface area (Å²) in [7, 11) is 0.862. The van der Waals surface area contributed by atoms with Crippen LogP contribution in [0.4, 0.5) is 13.2 Å². The predicted molar refractivity (Wildman–Crippen MR) is 113 cm³/mol. The SMILES string of the molecule is CO[C@](C(=O)O[C@H]1C=C2CC[C@@H]3OC(=O)[C@@H](C)[C@@H]3[C@]2(C)[C@@H](C)C1)(c1ccccc1)C(F)(F)F. The Morgan fingerprint density at radius 1 is 1.18 bits per heavy atom. The maximum Gasteiger partial charge on any atom is 0.432 e. The first-order valence-corrected chi connectivity index (χ1v) is 11.3. The molecule has 1 aromatic rings. The molecule has 1 aliphatic heterocycles. The zero-order chi connectivity index (χ0) is 24.2. The summed E-state index contributed by atoms with van der Waals surface area (Å²) >= 11 is 0. The van der Waals surface area contributed by atoms with Crippen LogP contribution in [0.25, 0.3) is 0 Å². The van der Waals surface area contributed by atoms with Crippen LogP contribution in [0.15, 0.2) is 42.0 Å². The lowest BCUT2D eigenvalue weighted by molar-refractivity contribution is -0.278. The van der Waals surface area contributed by atoms with Crippen molar-refractivity contribution in [2.24, 2.45) is 23.2 Å². The van der Waals surface area contributed by atoms with Gasteiger partial charge in [0.05, 0.1) is 5.92 Å². The van der Waals surface area contributed by atoms with Crippen LogP contribution in [0.3, 0.4) is 0 Å². The third-order valence-corrected chi connectivity index (χ3v) is 8.09. The summed E-state index contributed by atoms with van der Waals surface area (Å²) in [5, 5.41) is 0. The summed E-state index contributed by atoms with van der Waals surface area (Å²) in [6, 6.07) is 6.81. The van der Waals surface area contributed by atoms with E-state index in [1.165, 1.54) is 24.3 Å². The molecule has 0 bridgehead atoms. The highest BCUT2D eigenvalue weighted by Crippen LogP contribution is 2.59. The van der Waals surface area contributed by atoms with E-state index >= 15 is 0 Å². The lowest BCUT2D eigenvalue weighted by atomic mass is 9.52. The minimum Gasteiger partial charge on any atom is -0.462 e. The monoisotopic (exact) mass is 466 g/mol. The quantitative estimate of drug-likeness (QED) is 0.464. The van der Waals surface area contributed by atoms with Crippen molar-refractivity contribution in [3.8, 4) is 0 Å². The third kappa shape index (κ3) is 3.49. The highest BCUT2D eigenvalue weighted by molar-refractivity contribution is 5.83. The Labute approximate surface area is 191 Å². The molecule has 0 unspecified atom stereocenters. The van der Waals surface area contributed by atoms with Crippen LogP contribution in [0, 0.1) is 23.2 Å². The Bertz CT molecular complexity index is 959. The number of rotatable bonds is 4. The molecule has 1 saturated carbocycles. The molecular weight excluding hydrogens is 437 g/mol. The predicted octanol–water partition coefficient (Wildman–Crippen LogP) is 4.95. The van der Waals surface area contributed by atoms with Gasteiger partial charge in [-0.3, -0.25) is 4.79 Å². The summed E-state index contributed by atoms with van der Waals surface area (Å²) in [4.78, 5) is 25.3. The number of methoxy groups -OCH3 is 1. The van der Waals surface area contributed by atoms with Crippen molar-refractivity contribution in [1.29, 1.82) is 0 Å². The fourth-order valence-corrected chi connectivity index (χ4v) is 6.21. The van der Waals surface area contributed by atoms with Crippen molar-refractivity contribution >= 4 is 11.9 Å². The second-order valence-corrected chi connectivity index (χ2v) is 9.63. The number of benzene rings is 1. The van der Waals surface area contributed by atoms with Gasteiger partial charge in [0.15, 0.2) is 0 Å². The molecule has 1 heterocycles. The highest BCUT2D eigenvalue weighted by Gasteiger charge is 2.65. The van der Waals surface area contributed by atoms with E-state index in [9.17, 15) is 22.8 Å². The number of halogens is 3. The lowest BCUT2D eigenvalue weighted by Crippen LogP contribution is -2.53. The first-order valence-electron chi connectivity index (χ1n) is 11.3. The molecule has 0 aromatic heterocycles. The average Bonchev–Trinajstić information content (AvgIpc) is 3.04. The fraction of sp³-hybridized carbons (Fsp3) is 0.600. The molecule has 7 atom stereocenters. The van der Waals surface area contributed by atoms with Gasteiger partial charge in [-0.15, -0.1) is 0 Å². The van der Waals surface area contributed by atoms with Gasteiger partial charge in [0, 0.05) is 18.6 Å². The molecule has 8 heteroatoms. The van der Waals surface area contributed by atoms with Crippen molar-refractivity contribution in [2.45, 2.75) is 64.0 Å². The zero-order valence-corrected chi connectivity index (χ0v) is 19.1. The van der Waals surface area contributed by atoms with Gasteiger partial charge in [-0.05, 0) is 36.7 Å². The largest absolute Gasteiger partial charge is 0.462 e. The molecule has 0 spiro atoms. The topological polar surface area (TPSA) is 61.8 Å². The molecule has 5 nitrogen and oxygen atoms in total.